The Morgan fingerprint density at radius 3 is 2.58 bits per heavy atom. The molecule has 3 amide bonds. The average Bonchev–Trinajstić information content (AvgIpc) is 2.92. The average molecular weight is 575 g/mol. The quantitative estimate of drug-likeness (QED) is 0.239. The van der Waals surface area contributed by atoms with Gasteiger partial charge in [0.25, 0.3) is 5.91 Å². The van der Waals surface area contributed by atoms with Gasteiger partial charge in [0.1, 0.15) is 11.8 Å². The summed E-state index contributed by atoms with van der Waals surface area (Å²) in [6.07, 6.45) is 9.28. The van der Waals surface area contributed by atoms with Gasteiger partial charge in [-0.1, -0.05) is 50.6 Å². The van der Waals surface area contributed by atoms with E-state index in [1.54, 1.807) is 30.6 Å². The van der Waals surface area contributed by atoms with Crippen LogP contribution in [0.25, 0.3) is 0 Å². The first kappa shape index (κ1) is 33.1. The fourth-order valence-electron chi connectivity index (χ4n) is 4.18. The molecule has 1 unspecified atom stereocenters. The first-order valence-corrected chi connectivity index (χ1v) is 14.2. The van der Waals surface area contributed by atoms with Gasteiger partial charge in [-0.3, -0.25) is 14.9 Å². The maximum Gasteiger partial charge on any atom is 0.361 e. The largest absolute Gasteiger partial charge is 0.493 e. The zero-order valence-corrected chi connectivity index (χ0v) is 25.4. The van der Waals surface area contributed by atoms with E-state index < -0.39 is 5.41 Å². The topological polar surface area (TPSA) is 116 Å². The Hall–Kier alpha value is -3.14. The van der Waals surface area contributed by atoms with Crippen LogP contribution in [0.2, 0.25) is 5.02 Å². The molecule has 1 aliphatic carbocycles. The number of quaternary nitrogens is 1. The maximum absolute atomic E-state index is 13.4. The third-order valence-corrected chi connectivity index (χ3v) is 6.86. The molecule has 0 fully saturated rings. The van der Waals surface area contributed by atoms with E-state index in [2.05, 4.69) is 27.8 Å². The van der Waals surface area contributed by atoms with Crippen molar-refractivity contribution in [2.75, 3.05) is 40.3 Å². The van der Waals surface area contributed by atoms with Crippen LogP contribution in [0.3, 0.4) is 0 Å². The van der Waals surface area contributed by atoms with Crippen molar-refractivity contribution in [3.05, 3.63) is 64.5 Å². The number of primary amides is 1. The zero-order chi connectivity index (χ0) is 29.7. The summed E-state index contributed by atoms with van der Waals surface area (Å²) in [5, 5.41) is 11.0. The van der Waals surface area contributed by atoms with E-state index in [0.717, 1.165) is 19.5 Å². The summed E-state index contributed by atoms with van der Waals surface area (Å²) in [6.45, 7) is 9.94. The molecule has 5 N–H and O–H groups in total. The molecule has 1 aromatic rings. The van der Waals surface area contributed by atoms with Gasteiger partial charge >= 0.3 is 5.91 Å². The van der Waals surface area contributed by atoms with Gasteiger partial charge in [0.2, 0.25) is 5.91 Å². The summed E-state index contributed by atoms with van der Waals surface area (Å²) >= 11 is 6.10. The van der Waals surface area contributed by atoms with Crippen LogP contribution >= 0.6 is 11.6 Å². The third kappa shape index (κ3) is 10.8. The van der Waals surface area contributed by atoms with E-state index in [9.17, 15) is 14.4 Å². The van der Waals surface area contributed by atoms with Gasteiger partial charge < -0.3 is 25.6 Å². The van der Waals surface area contributed by atoms with Gasteiger partial charge in [-0.05, 0) is 50.2 Å². The summed E-state index contributed by atoms with van der Waals surface area (Å²) < 4.78 is 5.56. The first-order valence-electron chi connectivity index (χ1n) is 13.8. The number of hydrogen-bond donors (Lipinski definition) is 4. The van der Waals surface area contributed by atoms with Crippen molar-refractivity contribution in [2.24, 2.45) is 5.41 Å². The molecule has 1 aromatic carbocycles. The molecular weight excluding hydrogens is 530 g/mol. The molecule has 9 nitrogen and oxygen atoms in total. The molecule has 0 spiro atoms. The second kappa shape index (κ2) is 16.2. The van der Waals surface area contributed by atoms with E-state index >= 15 is 0 Å². The molecule has 0 heterocycles. The van der Waals surface area contributed by atoms with Crippen LogP contribution < -0.4 is 26.0 Å². The maximum atomic E-state index is 13.4. The van der Waals surface area contributed by atoms with E-state index in [4.69, 9.17) is 16.3 Å². The molecule has 2 rings (SSSR count). The molecule has 0 aromatic heterocycles. The van der Waals surface area contributed by atoms with E-state index in [1.807, 2.05) is 52.1 Å². The molecule has 0 saturated carbocycles. The highest BCUT2D eigenvalue weighted by atomic mass is 35.5. The van der Waals surface area contributed by atoms with Crippen molar-refractivity contribution in [1.29, 1.82) is 0 Å². The Morgan fingerprint density at radius 1 is 1.20 bits per heavy atom. The molecule has 1 atom stereocenters. The minimum absolute atomic E-state index is 0.0273. The standard InChI is InChI=1S/C30H44ClN5O4/c1-7-36(6)17-16-24(32-5)27(29(39)34-22-12-10-9-11-13-22)35-26(37)19-30(3,4)20-33-28(38)23-18-21(31)14-15-25(23)40-8-2/h9-12,14-15,18,22,32H,7-8,13,16-17,19-20H2,1-6H3,(H,33,38)(H,34,39)(H,35,37)/p+1/b27-24+. The fourth-order valence-corrected chi connectivity index (χ4v) is 4.35. The van der Waals surface area contributed by atoms with Crippen molar-refractivity contribution in [3.63, 3.8) is 0 Å². The molecule has 10 heteroatoms. The highest BCUT2D eigenvalue weighted by Crippen LogP contribution is 2.24. The van der Waals surface area contributed by atoms with Crippen LogP contribution in [0.5, 0.6) is 5.75 Å². The number of amides is 3. The van der Waals surface area contributed by atoms with Crippen LogP contribution in [-0.2, 0) is 9.59 Å². The summed E-state index contributed by atoms with van der Waals surface area (Å²) in [5.41, 5.74) is 0.685. The number of halogens is 1. The molecule has 0 radical (unpaired) electrons. The van der Waals surface area contributed by atoms with Gasteiger partial charge in [0, 0.05) is 50.1 Å². The zero-order valence-electron chi connectivity index (χ0n) is 24.6. The minimum Gasteiger partial charge on any atom is -0.493 e. The predicted octanol–water partition coefficient (Wildman–Crippen LogP) is 2.75. The number of benzene rings is 1. The fraction of sp³-hybridized carbons (Fsp3) is 0.500. The summed E-state index contributed by atoms with van der Waals surface area (Å²) in [4.78, 5) is 41.7. The lowest BCUT2D eigenvalue weighted by molar-refractivity contribution is -0.591. The van der Waals surface area contributed by atoms with Crippen molar-refractivity contribution in [1.82, 2.24) is 20.9 Å². The van der Waals surface area contributed by atoms with Gasteiger partial charge in [-0.2, -0.15) is 0 Å². The number of hydrogen-bond acceptors (Lipinski definition) is 6. The monoisotopic (exact) mass is 574 g/mol. The summed E-state index contributed by atoms with van der Waals surface area (Å²) in [5.74, 6) is -0.417. The number of nitrogens with one attached hydrogen (secondary N) is 3. The highest BCUT2D eigenvalue weighted by molar-refractivity contribution is 6.31. The molecule has 220 valence electrons. The second-order valence-corrected chi connectivity index (χ2v) is 11.1. The van der Waals surface area contributed by atoms with Crippen molar-refractivity contribution < 1.29 is 24.4 Å². The second-order valence-electron chi connectivity index (χ2n) is 10.6. The molecule has 40 heavy (non-hydrogen) atoms. The van der Waals surface area contributed by atoms with Crippen molar-refractivity contribution in [2.45, 2.75) is 53.0 Å². The first-order chi connectivity index (χ1) is 19.0. The van der Waals surface area contributed by atoms with Crippen LogP contribution in [0.4, 0.5) is 0 Å². The highest BCUT2D eigenvalue weighted by Gasteiger charge is 2.28. The van der Waals surface area contributed by atoms with E-state index in [0.29, 0.717) is 35.1 Å². The number of nitrogens with zero attached hydrogens (tertiary/aromatic N) is 1. The van der Waals surface area contributed by atoms with E-state index in [1.165, 1.54) is 0 Å². The van der Waals surface area contributed by atoms with Crippen LogP contribution in [0.15, 0.2) is 53.9 Å². The van der Waals surface area contributed by atoms with Crippen molar-refractivity contribution >= 4 is 29.3 Å². The lowest BCUT2D eigenvalue weighted by atomic mass is 9.88. The van der Waals surface area contributed by atoms with Gasteiger partial charge in [0.05, 0.1) is 12.2 Å². The Labute approximate surface area is 243 Å². The SMILES string of the molecule is CCOc1ccc(Cl)cc1C(=O)NCC(C)(C)CC(=O)N/C(C(=O)[NH2+]C1C=CC=CC1)=C(\CCN(C)CC)NC. The number of ether oxygens (including phenoxy) is 1. The van der Waals surface area contributed by atoms with Gasteiger partial charge in [-0.25, -0.2) is 4.79 Å². The summed E-state index contributed by atoms with van der Waals surface area (Å²) in [7, 11) is 3.77. The van der Waals surface area contributed by atoms with Gasteiger partial charge in [0.15, 0.2) is 5.70 Å². The number of allylic oxidation sites excluding steroid dienone is 2. The molecule has 0 bridgehead atoms. The predicted molar refractivity (Wildman–Crippen MR) is 159 cm³/mol. The molecule has 0 aliphatic heterocycles. The third-order valence-electron chi connectivity index (χ3n) is 6.63. The van der Waals surface area contributed by atoms with Crippen LogP contribution in [-0.4, -0.2) is 69.0 Å². The Morgan fingerprint density at radius 2 is 1.95 bits per heavy atom. The smallest absolute Gasteiger partial charge is 0.361 e. The molecule has 1 aliphatic rings. The normalized spacial score (nSPS) is 15.4. The van der Waals surface area contributed by atoms with E-state index in [-0.39, 0.29) is 42.4 Å². The molecular formula is C30H45ClN5O4+. The molecule has 0 saturated heterocycles. The van der Waals surface area contributed by atoms with Crippen molar-refractivity contribution in [3.8, 4) is 5.75 Å². The lowest BCUT2D eigenvalue weighted by Crippen LogP contribution is -2.94. The Balaban J connectivity index is 2.13. The van der Waals surface area contributed by atoms with Gasteiger partial charge in [-0.15, -0.1) is 0 Å². The number of carbonyl (C=O) groups excluding carboxylic acids is 3. The van der Waals surface area contributed by atoms with Crippen LogP contribution in [0, 0.1) is 5.41 Å². The number of rotatable bonds is 15. The Kier molecular flexibility index (Phi) is 13.4. The number of nitrogens with two attached hydrogens (primary N) is 1. The number of carbonyl (C=O) groups is 3. The summed E-state index contributed by atoms with van der Waals surface area (Å²) in [6, 6.07) is 4.87. The minimum atomic E-state index is -0.596. The lowest BCUT2D eigenvalue weighted by Gasteiger charge is -2.25. The van der Waals surface area contributed by atoms with Crippen LogP contribution in [0.1, 0.15) is 57.3 Å². The Bertz CT molecular complexity index is 1130.